The molecule has 7 nitrogen and oxygen atoms in total. The number of urea groups is 1. The number of piperazine rings is 1. The molecule has 1 fully saturated rings. The van der Waals surface area contributed by atoms with Crippen LogP contribution in [0, 0.1) is 0 Å². The zero-order chi connectivity index (χ0) is 18.9. The Morgan fingerprint density at radius 1 is 1.27 bits per heavy atom. The summed E-state index contributed by atoms with van der Waals surface area (Å²) in [6, 6.07) is -0.162. The van der Waals surface area contributed by atoms with Gasteiger partial charge in [-0.15, -0.1) is 11.3 Å². The van der Waals surface area contributed by atoms with E-state index in [1.807, 2.05) is 13.8 Å². The normalized spacial score (nSPS) is 19.8. The van der Waals surface area contributed by atoms with E-state index in [9.17, 15) is 9.59 Å². The minimum atomic E-state index is -0.411. The Morgan fingerprint density at radius 2 is 1.96 bits per heavy atom. The number of rotatable bonds is 3. The summed E-state index contributed by atoms with van der Waals surface area (Å²) in [5.74, 6) is -0.411. The van der Waals surface area contributed by atoms with Crippen LogP contribution in [0.2, 0.25) is 0 Å². The number of carbonyl (C=O) groups excluding carboxylic acids is 2. The summed E-state index contributed by atoms with van der Waals surface area (Å²) in [5.41, 5.74) is 1.07. The second-order valence-electron chi connectivity index (χ2n) is 7.28. The van der Waals surface area contributed by atoms with Crippen LogP contribution in [0.5, 0.6) is 0 Å². The molecule has 0 radical (unpaired) electrons. The number of nitrogens with one attached hydrogen (secondary N) is 1. The number of fused-ring (bicyclic) bond motifs is 1. The molecule has 0 atom stereocenters. The number of amides is 2. The Labute approximate surface area is 158 Å². The first kappa shape index (κ1) is 19.1. The van der Waals surface area contributed by atoms with Gasteiger partial charge in [0.15, 0.2) is 0 Å². The molecule has 0 aliphatic carbocycles. The minimum absolute atomic E-state index is 0.162. The summed E-state index contributed by atoms with van der Waals surface area (Å²) >= 11 is 1.41. The van der Waals surface area contributed by atoms with E-state index in [0.717, 1.165) is 30.1 Å². The van der Waals surface area contributed by atoms with Crippen molar-refractivity contribution in [1.29, 1.82) is 0 Å². The van der Waals surface area contributed by atoms with Gasteiger partial charge in [-0.2, -0.15) is 0 Å². The number of anilines is 1. The minimum Gasteiger partial charge on any atom is -0.465 e. The van der Waals surface area contributed by atoms with E-state index in [1.54, 1.807) is 4.90 Å². The molecule has 1 aromatic rings. The van der Waals surface area contributed by atoms with E-state index in [0.29, 0.717) is 36.7 Å². The van der Waals surface area contributed by atoms with Crippen LogP contribution >= 0.6 is 11.3 Å². The maximum atomic E-state index is 12.7. The van der Waals surface area contributed by atoms with Crippen LogP contribution in [0.15, 0.2) is 0 Å². The van der Waals surface area contributed by atoms with Gasteiger partial charge in [-0.05, 0) is 26.0 Å². The first-order valence-corrected chi connectivity index (χ1v) is 9.81. The summed E-state index contributed by atoms with van der Waals surface area (Å²) in [7, 11) is 1.37. The van der Waals surface area contributed by atoms with Gasteiger partial charge in [0, 0.05) is 37.5 Å². The van der Waals surface area contributed by atoms with Gasteiger partial charge in [0.2, 0.25) is 0 Å². The first-order chi connectivity index (χ1) is 12.3. The van der Waals surface area contributed by atoms with Crippen LogP contribution in [-0.2, 0) is 22.5 Å². The number of thiophene rings is 1. The lowest BCUT2D eigenvalue weighted by atomic mass is 9.93. The number of hydrogen-bond acceptors (Lipinski definition) is 6. The lowest BCUT2D eigenvalue weighted by Crippen LogP contribution is -2.49. The van der Waals surface area contributed by atoms with Crippen molar-refractivity contribution in [2.75, 3.05) is 45.2 Å². The smallest absolute Gasteiger partial charge is 0.341 e. The fourth-order valence-electron chi connectivity index (χ4n) is 3.40. The number of methoxy groups -OCH3 is 1. The zero-order valence-electron chi connectivity index (χ0n) is 15.9. The molecule has 1 saturated heterocycles. The molecular formula is C18H27N3O4S. The molecule has 8 heteroatoms. The van der Waals surface area contributed by atoms with Gasteiger partial charge in [0.1, 0.15) is 5.00 Å². The van der Waals surface area contributed by atoms with Gasteiger partial charge in [-0.1, -0.05) is 6.92 Å². The van der Waals surface area contributed by atoms with Gasteiger partial charge in [0.25, 0.3) is 0 Å². The Hall–Kier alpha value is -1.64. The van der Waals surface area contributed by atoms with Crippen LogP contribution in [0.4, 0.5) is 9.80 Å². The van der Waals surface area contributed by atoms with E-state index in [2.05, 4.69) is 17.1 Å². The van der Waals surface area contributed by atoms with Crippen LogP contribution in [-0.4, -0.2) is 67.2 Å². The zero-order valence-corrected chi connectivity index (χ0v) is 16.7. The molecule has 0 unspecified atom stereocenters. The summed E-state index contributed by atoms with van der Waals surface area (Å²) < 4.78 is 10.8. The largest absolute Gasteiger partial charge is 0.465 e. The van der Waals surface area contributed by atoms with Crippen LogP contribution < -0.4 is 5.32 Å². The Kier molecular flexibility index (Phi) is 5.55. The molecule has 0 saturated carbocycles. The summed E-state index contributed by atoms with van der Waals surface area (Å²) in [6.07, 6.45) is 0.619. The fraction of sp³-hybridized carbons (Fsp3) is 0.667. The summed E-state index contributed by atoms with van der Waals surface area (Å²) in [5, 5.41) is 3.50. The quantitative estimate of drug-likeness (QED) is 0.815. The van der Waals surface area contributed by atoms with Crippen molar-refractivity contribution in [1.82, 2.24) is 9.80 Å². The summed E-state index contributed by atoms with van der Waals surface area (Å²) in [4.78, 5) is 30.2. The Bertz CT molecular complexity index is 693. The second kappa shape index (κ2) is 7.54. The highest BCUT2D eigenvalue weighted by Gasteiger charge is 2.34. The monoisotopic (exact) mass is 381 g/mol. The van der Waals surface area contributed by atoms with Crippen molar-refractivity contribution in [3.05, 3.63) is 16.0 Å². The number of nitrogens with zero attached hydrogens (tertiary/aromatic N) is 2. The maximum Gasteiger partial charge on any atom is 0.341 e. The van der Waals surface area contributed by atoms with E-state index < -0.39 is 5.97 Å². The topological polar surface area (TPSA) is 71.1 Å². The number of hydrogen-bond donors (Lipinski definition) is 1. The number of carbonyl (C=O) groups is 2. The van der Waals surface area contributed by atoms with Gasteiger partial charge >= 0.3 is 12.0 Å². The molecule has 0 aromatic carbocycles. The predicted octanol–water partition coefficient (Wildman–Crippen LogP) is 2.56. The first-order valence-electron chi connectivity index (χ1n) is 8.99. The van der Waals surface area contributed by atoms with Crippen molar-refractivity contribution < 1.29 is 19.1 Å². The van der Waals surface area contributed by atoms with Crippen molar-refractivity contribution in [3.8, 4) is 0 Å². The number of likely N-dealkylation sites (N-methyl/N-ethyl adjacent to an activating group) is 1. The third-order valence-electron chi connectivity index (χ3n) is 5.00. The molecule has 26 heavy (non-hydrogen) atoms. The average Bonchev–Trinajstić information content (AvgIpc) is 2.96. The van der Waals surface area contributed by atoms with Crippen LogP contribution in [0.25, 0.3) is 0 Å². The third kappa shape index (κ3) is 3.87. The Morgan fingerprint density at radius 3 is 2.58 bits per heavy atom. The highest BCUT2D eigenvalue weighted by molar-refractivity contribution is 7.17. The highest BCUT2D eigenvalue weighted by Crippen LogP contribution is 2.40. The van der Waals surface area contributed by atoms with Crippen molar-refractivity contribution >= 4 is 28.3 Å². The van der Waals surface area contributed by atoms with Gasteiger partial charge in [-0.25, -0.2) is 9.59 Å². The molecule has 3 rings (SSSR count). The highest BCUT2D eigenvalue weighted by atomic mass is 32.1. The molecule has 2 aliphatic heterocycles. The van der Waals surface area contributed by atoms with Gasteiger partial charge in [0.05, 0.1) is 24.9 Å². The molecule has 0 bridgehead atoms. The van der Waals surface area contributed by atoms with E-state index in [-0.39, 0.29) is 11.6 Å². The molecular weight excluding hydrogens is 354 g/mol. The predicted molar refractivity (Wildman–Crippen MR) is 101 cm³/mol. The summed E-state index contributed by atoms with van der Waals surface area (Å²) in [6.45, 7) is 10.7. The molecule has 2 amide bonds. The molecule has 1 aromatic heterocycles. The van der Waals surface area contributed by atoms with E-state index in [1.165, 1.54) is 18.4 Å². The van der Waals surface area contributed by atoms with Gasteiger partial charge in [-0.3, -0.25) is 5.32 Å². The fourth-order valence-corrected chi connectivity index (χ4v) is 4.51. The van der Waals surface area contributed by atoms with Crippen molar-refractivity contribution in [2.24, 2.45) is 0 Å². The molecule has 3 heterocycles. The Balaban J connectivity index is 1.80. The molecule has 2 aliphatic rings. The molecule has 1 N–H and O–H groups in total. The molecule has 144 valence electrons. The molecule has 0 spiro atoms. The lowest BCUT2D eigenvalue weighted by molar-refractivity contribution is -0.0384. The number of esters is 1. The van der Waals surface area contributed by atoms with E-state index in [4.69, 9.17) is 9.47 Å². The number of ether oxygens (including phenoxy) is 2. The van der Waals surface area contributed by atoms with Crippen LogP contribution in [0.1, 0.15) is 41.6 Å². The average molecular weight is 381 g/mol. The van der Waals surface area contributed by atoms with Crippen molar-refractivity contribution in [2.45, 2.75) is 39.4 Å². The SMILES string of the molecule is CCN1CCN(C(=O)Nc2sc3c(c2C(=O)OC)CC(C)(C)OC3)CC1. The van der Waals surface area contributed by atoms with E-state index >= 15 is 0 Å². The lowest BCUT2D eigenvalue weighted by Gasteiger charge is -2.33. The van der Waals surface area contributed by atoms with Crippen molar-refractivity contribution in [3.63, 3.8) is 0 Å². The van der Waals surface area contributed by atoms with Crippen LogP contribution in [0.3, 0.4) is 0 Å². The second-order valence-corrected chi connectivity index (χ2v) is 8.38. The standard InChI is InChI=1S/C18H27N3O4S/c1-5-20-6-8-21(9-7-20)17(23)19-15-14(16(22)24-4)12-10-18(2,3)25-11-13(12)26-15/h5-11H2,1-4H3,(H,19,23). The maximum absolute atomic E-state index is 12.7. The van der Waals surface area contributed by atoms with Gasteiger partial charge < -0.3 is 19.3 Å². The third-order valence-corrected chi connectivity index (χ3v) is 6.12.